The van der Waals surface area contributed by atoms with Crippen LogP contribution in [0.1, 0.15) is 32.8 Å². The highest BCUT2D eigenvalue weighted by Crippen LogP contribution is 2.19. The second kappa shape index (κ2) is 6.26. The quantitative estimate of drug-likeness (QED) is 0.907. The van der Waals surface area contributed by atoms with Crippen molar-refractivity contribution in [2.45, 2.75) is 39.2 Å². The van der Waals surface area contributed by atoms with Gasteiger partial charge in [0.1, 0.15) is 0 Å². The third-order valence-electron chi connectivity index (χ3n) is 2.77. The molecule has 20 heavy (non-hydrogen) atoms. The van der Waals surface area contributed by atoms with Crippen molar-refractivity contribution in [2.75, 3.05) is 5.75 Å². The third kappa shape index (κ3) is 4.52. The van der Waals surface area contributed by atoms with Crippen LogP contribution in [0.2, 0.25) is 0 Å². The van der Waals surface area contributed by atoms with Gasteiger partial charge in [0.15, 0.2) is 0 Å². The number of nitrogens with zero attached hydrogens (tertiary/aromatic N) is 1. The summed E-state index contributed by atoms with van der Waals surface area (Å²) in [4.78, 5) is 11.2. The number of rotatable bonds is 5. The topological polar surface area (TPSA) is 74.7 Å². The Labute approximate surface area is 120 Å². The van der Waals surface area contributed by atoms with Crippen LogP contribution in [0.5, 0.6) is 0 Å². The van der Waals surface area contributed by atoms with Crippen LogP contribution in [0.3, 0.4) is 0 Å². The maximum atomic E-state index is 12.2. The van der Waals surface area contributed by atoms with Crippen molar-refractivity contribution in [3.05, 3.63) is 35.9 Å². The summed E-state index contributed by atoms with van der Waals surface area (Å²) in [6, 6.07) is 9.52. The Morgan fingerprint density at radius 3 is 2.20 bits per heavy atom. The van der Waals surface area contributed by atoms with E-state index in [1.165, 1.54) is 0 Å². The minimum absolute atomic E-state index is 0.175. The summed E-state index contributed by atoms with van der Waals surface area (Å²) in [6.07, 6.45) is -0.429. The maximum Gasteiger partial charge on any atom is 0.421 e. The fraction of sp³-hybridized carbons (Fsp3) is 0.500. The zero-order chi connectivity index (χ0) is 15.4. The molecule has 0 aliphatic heterocycles. The van der Waals surface area contributed by atoms with Gasteiger partial charge in [0.05, 0.1) is 11.3 Å². The average Bonchev–Trinajstić information content (AvgIpc) is 2.26. The molecule has 0 saturated heterocycles. The molecule has 1 amide bonds. The van der Waals surface area contributed by atoms with E-state index in [0.29, 0.717) is 17.1 Å². The van der Waals surface area contributed by atoms with Crippen molar-refractivity contribution < 1.29 is 18.3 Å². The van der Waals surface area contributed by atoms with Gasteiger partial charge in [-0.1, -0.05) is 30.3 Å². The summed E-state index contributed by atoms with van der Waals surface area (Å²) >= 11 is 0. The molecule has 112 valence electrons. The Morgan fingerprint density at radius 2 is 1.75 bits per heavy atom. The molecule has 0 aliphatic carbocycles. The molecule has 1 N–H and O–H groups in total. The van der Waals surface area contributed by atoms with E-state index in [-0.39, 0.29) is 5.75 Å². The number of carboxylic acid groups (broad SMARTS) is 1. The second-order valence-corrected chi connectivity index (χ2v) is 7.56. The number of amides is 1. The van der Waals surface area contributed by atoms with Gasteiger partial charge in [-0.15, -0.1) is 0 Å². The monoisotopic (exact) mass is 299 g/mol. The zero-order valence-corrected chi connectivity index (χ0v) is 12.9. The molecule has 1 aromatic carbocycles. The van der Waals surface area contributed by atoms with Crippen LogP contribution < -0.4 is 0 Å². The molecule has 0 bridgehead atoms. The number of hydrogen-bond acceptors (Lipinski definition) is 3. The van der Waals surface area contributed by atoms with E-state index in [1.807, 2.05) is 30.3 Å². The molecule has 0 fully saturated rings. The van der Waals surface area contributed by atoms with Crippen LogP contribution in [0.4, 0.5) is 4.79 Å². The molecule has 0 spiro atoms. The van der Waals surface area contributed by atoms with Crippen molar-refractivity contribution in [1.29, 1.82) is 0 Å². The number of hydrogen-bond donors (Lipinski definition) is 1. The first-order valence-electron chi connectivity index (χ1n) is 6.44. The summed E-state index contributed by atoms with van der Waals surface area (Å²) in [5.41, 5.74) is 0.0672. The smallest absolute Gasteiger partial charge is 0.421 e. The molecular weight excluding hydrogens is 278 g/mol. The summed E-state index contributed by atoms with van der Waals surface area (Å²) in [6.45, 7) is 4.70. The fourth-order valence-corrected chi connectivity index (χ4v) is 3.78. The van der Waals surface area contributed by atoms with E-state index in [2.05, 4.69) is 0 Å². The predicted molar refractivity (Wildman–Crippen MR) is 78.2 cm³/mol. The van der Waals surface area contributed by atoms with Gasteiger partial charge in [0.2, 0.25) is 10.0 Å². The molecule has 0 saturated carbocycles. The molecule has 1 aromatic rings. The van der Waals surface area contributed by atoms with Crippen molar-refractivity contribution >= 4 is 16.1 Å². The largest absolute Gasteiger partial charge is 0.464 e. The molecule has 0 aromatic heterocycles. The van der Waals surface area contributed by atoms with Gasteiger partial charge >= 0.3 is 6.09 Å². The van der Waals surface area contributed by atoms with Crippen molar-refractivity contribution in [1.82, 2.24) is 4.31 Å². The van der Waals surface area contributed by atoms with Crippen molar-refractivity contribution in [2.24, 2.45) is 0 Å². The lowest BCUT2D eigenvalue weighted by Crippen LogP contribution is -2.49. The van der Waals surface area contributed by atoms with Gasteiger partial charge < -0.3 is 5.11 Å². The first-order valence-corrected chi connectivity index (χ1v) is 8.05. The van der Waals surface area contributed by atoms with Crippen LogP contribution in [0.25, 0.3) is 0 Å². The van der Waals surface area contributed by atoms with Gasteiger partial charge in [-0.25, -0.2) is 13.2 Å². The first-order chi connectivity index (χ1) is 9.14. The number of sulfonamides is 1. The molecule has 0 unspecified atom stereocenters. The van der Waals surface area contributed by atoms with Crippen LogP contribution >= 0.6 is 0 Å². The number of aryl methyl sites for hydroxylation is 1. The molecule has 0 atom stereocenters. The van der Waals surface area contributed by atoms with E-state index in [1.54, 1.807) is 20.8 Å². The highest BCUT2D eigenvalue weighted by molar-refractivity contribution is 7.89. The van der Waals surface area contributed by atoms with E-state index < -0.39 is 21.7 Å². The molecule has 0 heterocycles. The fourth-order valence-electron chi connectivity index (χ4n) is 2.02. The lowest BCUT2D eigenvalue weighted by atomic mass is 10.1. The second-order valence-electron chi connectivity index (χ2n) is 5.62. The molecular formula is C14H21NO4S. The standard InChI is InChI=1S/C14H21NO4S/c1-14(2,3)15(13(16)17)20(18,19)11-7-10-12-8-5-4-6-9-12/h4-6,8-9H,7,10-11H2,1-3H3,(H,16,17). The summed E-state index contributed by atoms with van der Waals surface area (Å²) < 4.78 is 24.9. The molecule has 0 aliphatic rings. The van der Waals surface area contributed by atoms with Gasteiger partial charge in [0, 0.05) is 0 Å². The van der Waals surface area contributed by atoms with Crippen LogP contribution in [0.15, 0.2) is 30.3 Å². The van der Waals surface area contributed by atoms with Gasteiger partial charge in [0.25, 0.3) is 0 Å². The summed E-state index contributed by atoms with van der Waals surface area (Å²) in [7, 11) is -3.82. The summed E-state index contributed by atoms with van der Waals surface area (Å²) in [5, 5.41) is 9.11. The number of benzene rings is 1. The molecule has 5 nitrogen and oxygen atoms in total. The zero-order valence-electron chi connectivity index (χ0n) is 12.0. The van der Waals surface area contributed by atoms with E-state index in [4.69, 9.17) is 5.11 Å². The highest BCUT2D eigenvalue weighted by atomic mass is 32.2. The van der Waals surface area contributed by atoms with E-state index in [0.717, 1.165) is 5.56 Å². The van der Waals surface area contributed by atoms with E-state index in [9.17, 15) is 13.2 Å². The molecule has 0 radical (unpaired) electrons. The van der Waals surface area contributed by atoms with Gasteiger partial charge in [-0.05, 0) is 39.2 Å². The predicted octanol–water partition coefficient (Wildman–Crippen LogP) is 2.73. The van der Waals surface area contributed by atoms with Gasteiger partial charge in [-0.3, -0.25) is 0 Å². The summed E-state index contributed by atoms with van der Waals surface area (Å²) in [5.74, 6) is -0.175. The van der Waals surface area contributed by atoms with Crippen molar-refractivity contribution in [3.63, 3.8) is 0 Å². The average molecular weight is 299 g/mol. The van der Waals surface area contributed by atoms with Crippen LogP contribution in [0, 0.1) is 0 Å². The lowest BCUT2D eigenvalue weighted by molar-refractivity contribution is 0.146. The maximum absolute atomic E-state index is 12.2. The Hall–Kier alpha value is -1.56. The minimum Gasteiger partial charge on any atom is -0.464 e. The van der Waals surface area contributed by atoms with Gasteiger partial charge in [-0.2, -0.15) is 4.31 Å². The minimum atomic E-state index is -3.82. The Morgan fingerprint density at radius 1 is 1.20 bits per heavy atom. The Bertz CT molecular complexity index is 546. The Balaban J connectivity index is 2.72. The third-order valence-corrected chi connectivity index (χ3v) is 4.84. The molecule has 1 rings (SSSR count). The molecule has 6 heteroatoms. The van der Waals surface area contributed by atoms with E-state index >= 15 is 0 Å². The Kier molecular flexibility index (Phi) is 5.16. The first kappa shape index (κ1) is 16.5. The SMILES string of the molecule is CC(C)(C)N(C(=O)O)S(=O)(=O)CCCc1ccccc1. The highest BCUT2D eigenvalue weighted by Gasteiger charge is 2.36. The lowest BCUT2D eigenvalue weighted by Gasteiger charge is -2.31. The van der Waals surface area contributed by atoms with Crippen molar-refractivity contribution in [3.8, 4) is 0 Å². The van der Waals surface area contributed by atoms with Crippen LogP contribution in [-0.2, 0) is 16.4 Å². The normalized spacial score (nSPS) is 12.2. The van der Waals surface area contributed by atoms with Crippen LogP contribution in [-0.4, -0.2) is 35.2 Å². The number of carbonyl (C=O) groups is 1.